The van der Waals surface area contributed by atoms with Crippen molar-refractivity contribution in [3.63, 3.8) is 0 Å². The molecule has 2 aromatic carbocycles. The number of hydrogen-bond donors (Lipinski definition) is 3. The molecule has 3 amide bonds. The zero-order valence-corrected chi connectivity index (χ0v) is 18.9. The van der Waals surface area contributed by atoms with Crippen molar-refractivity contribution in [2.45, 2.75) is 24.8 Å². The first-order valence-electron chi connectivity index (χ1n) is 10.4. The van der Waals surface area contributed by atoms with E-state index in [0.29, 0.717) is 49.7 Å². The second kappa shape index (κ2) is 10.6. The summed E-state index contributed by atoms with van der Waals surface area (Å²) in [5.74, 6) is -0.555. The molecule has 1 atom stereocenters. The lowest BCUT2D eigenvalue weighted by molar-refractivity contribution is -0.120. The molecule has 1 fully saturated rings. The molecule has 10 heteroatoms. The van der Waals surface area contributed by atoms with Crippen molar-refractivity contribution in [2.24, 2.45) is 0 Å². The summed E-state index contributed by atoms with van der Waals surface area (Å²) in [6, 6.07) is 12.3. The Morgan fingerprint density at radius 2 is 1.78 bits per heavy atom. The van der Waals surface area contributed by atoms with Gasteiger partial charge in [-0.1, -0.05) is 36.4 Å². The van der Waals surface area contributed by atoms with Crippen LogP contribution < -0.4 is 16.0 Å². The van der Waals surface area contributed by atoms with Gasteiger partial charge in [0.05, 0.1) is 18.1 Å². The molecule has 0 bridgehead atoms. The van der Waals surface area contributed by atoms with E-state index >= 15 is 0 Å². The first-order valence-corrected chi connectivity index (χ1v) is 11.9. The lowest BCUT2D eigenvalue weighted by Gasteiger charge is -2.27. The number of sulfonamides is 1. The fourth-order valence-electron chi connectivity index (χ4n) is 3.40. The third-order valence-electron chi connectivity index (χ3n) is 5.06. The van der Waals surface area contributed by atoms with Crippen LogP contribution >= 0.6 is 0 Å². The van der Waals surface area contributed by atoms with E-state index in [2.05, 4.69) is 16.0 Å². The quantitative estimate of drug-likeness (QED) is 0.582. The second-order valence-corrected chi connectivity index (χ2v) is 9.24. The van der Waals surface area contributed by atoms with E-state index in [4.69, 9.17) is 4.74 Å². The summed E-state index contributed by atoms with van der Waals surface area (Å²) in [4.78, 5) is 24.9. The lowest BCUT2D eigenvalue weighted by Crippen LogP contribution is -2.43. The minimum absolute atomic E-state index is 0.167. The minimum atomic E-state index is -3.71. The van der Waals surface area contributed by atoms with Crippen molar-refractivity contribution in [1.82, 2.24) is 14.9 Å². The largest absolute Gasteiger partial charge is 0.379 e. The summed E-state index contributed by atoms with van der Waals surface area (Å²) in [6.45, 7) is 5.15. The van der Waals surface area contributed by atoms with Crippen molar-refractivity contribution in [3.05, 3.63) is 59.7 Å². The maximum Gasteiger partial charge on any atom is 0.321 e. The van der Waals surface area contributed by atoms with Crippen molar-refractivity contribution in [1.29, 1.82) is 0 Å². The smallest absolute Gasteiger partial charge is 0.321 e. The number of morpholine rings is 1. The number of carbonyl (C=O) groups is 2. The molecule has 1 saturated heterocycles. The third-order valence-corrected chi connectivity index (χ3v) is 7.10. The molecule has 9 nitrogen and oxygen atoms in total. The number of imide groups is 1. The number of benzene rings is 2. The number of nitrogens with zero attached hydrogens (tertiary/aromatic N) is 1. The molecular formula is C22H28N4O5S. The van der Waals surface area contributed by atoms with Gasteiger partial charge < -0.3 is 15.4 Å². The Kier molecular flexibility index (Phi) is 7.84. The Labute approximate surface area is 188 Å². The molecule has 0 radical (unpaired) electrons. The van der Waals surface area contributed by atoms with Gasteiger partial charge in [0, 0.05) is 25.3 Å². The van der Waals surface area contributed by atoms with Crippen LogP contribution in [0.4, 0.5) is 10.5 Å². The van der Waals surface area contributed by atoms with Crippen LogP contribution in [0.25, 0.3) is 0 Å². The van der Waals surface area contributed by atoms with Crippen LogP contribution in [0.5, 0.6) is 0 Å². The highest BCUT2D eigenvalue weighted by Crippen LogP contribution is 2.27. The summed E-state index contributed by atoms with van der Waals surface area (Å²) in [5, 5.41) is 7.93. The molecule has 0 saturated carbocycles. The summed E-state index contributed by atoms with van der Waals surface area (Å²) >= 11 is 0. The number of nitrogens with one attached hydrogen (secondary N) is 3. The van der Waals surface area contributed by atoms with Crippen molar-refractivity contribution >= 4 is 27.6 Å². The molecule has 3 N–H and O–H groups in total. The van der Waals surface area contributed by atoms with E-state index in [1.807, 2.05) is 6.07 Å². The van der Waals surface area contributed by atoms with Crippen molar-refractivity contribution in [3.8, 4) is 0 Å². The molecule has 1 aliphatic heterocycles. The maximum absolute atomic E-state index is 13.2. The highest BCUT2D eigenvalue weighted by Gasteiger charge is 2.29. The summed E-state index contributed by atoms with van der Waals surface area (Å²) in [5.41, 5.74) is 1.68. The molecular weight excluding hydrogens is 432 g/mol. The normalized spacial score (nSPS) is 15.6. The second-order valence-electron chi connectivity index (χ2n) is 7.33. The first-order chi connectivity index (χ1) is 15.3. The maximum atomic E-state index is 13.2. The fourth-order valence-corrected chi connectivity index (χ4v) is 5.05. The number of rotatable bonds is 7. The first kappa shape index (κ1) is 23.7. The molecule has 1 heterocycles. The summed E-state index contributed by atoms with van der Waals surface area (Å²) < 4.78 is 33.0. The highest BCUT2D eigenvalue weighted by molar-refractivity contribution is 7.89. The van der Waals surface area contributed by atoms with Gasteiger partial charge in [-0.25, -0.2) is 13.2 Å². The Hall–Kier alpha value is -2.95. The molecule has 3 rings (SSSR count). The molecule has 0 unspecified atom stereocenters. The number of ether oxygens (including phenoxy) is 1. The summed E-state index contributed by atoms with van der Waals surface area (Å²) in [6.07, 6.45) is 0. The van der Waals surface area contributed by atoms with Crippen LogP contribution in [-0.2, 0) is 19.6 Å². The molecule has 1 aliphatic rings. The van der Waals surface area contributed by atoms with E-state index in [-0.39, 0.29) is 4.90 Å². The Morgan fingerprint density at radius 3 is 2.44 bits per heavy atom. The van der Waals surface area contributed by atoms with Gasteiger partial charge in [-0.05, 0) is 37.1 Å². The van der Waals surface area contributed by atoms with Gasteiger partial charge in [0.25, 0.3) is 5.91 Å². The third kappa shape index (κ3) is 5.64. The van der Waals surface area contributed by atoms with Gasteiger partial charge in [-0.3, -0.25) is 10.1 Å². The highest BCUT2D eigenvalue weighted by atomic mass is 32.2. The lowest BCUT2D eigenvalue weighted by atomic mass is 10.1. The van der Waals surface area contributed by atoms with Crippen LogP contribution in [0.3, 0.4) is 0 Å². The van der Waals surface area contributed by atoms with Gasteiger partial charge >= 0.3 is 6.03 Å². The van der Waals surface area contributed by atoms with Crippen LogP contribution in [0.2, 0.25) is 0 Å². The number of amides is 3. The fraction of sp³-hybridized carbons (Fsp3) is 0.364. The van der Waals surface area contributed by atoms with Gasteiger partial charge in [-0.2, -0.15) is 4.31 Å². The van der Waals surface area contributed by atoms with Gasteiger partial charge in [0.1, 0.15) is 6.04 Å². The van der Waals surface area contributed by atoms with E-state index < -0.39 is 28.0 Å². The molecule has 0 aliphatic carbocycles. The van der Waals surface area contributed by atoms with Crippen molar-refractivity contribution < 1.29 is 22.7 Å². The predicted molar refractivity (Wildman–Crippen MR) is 121 cm³/mol. The van der Waals surface area contributed by atoms with E-state index in [1.54, 1.807) is 50.2 Å². The Bertz CT molecular complexity index is 1050. The monoisotopic (exact) mass is 460 g/mol. The van der Waals surface area contributed by atoms with Gasteiger partial charge in [-0.15, -0.1) is 0 Å². The number of urea groups is 1. The molecule has 32 heavy (non-hydrogen) atoms. The van der Waals surface area contributed by atoms with Gasteiger partial charge in [0.2, 0.25) is 10.0 Å². The average molecular weight is 461 g/mol. The topological polar surface area (TPSA) is 117 Å². The van der Waals surface area contributed by atoms with Crippen LogP contribution in [-0.4, -0.2) is 57.5 Å². The summed E-state index contributed by atoms with van der Waals surface area (Å²) in [7, 11) is -3.71. The van der Waals surface area contributed by atoms with E-state index in [1.165, 1.54) is 10.4 Å². The molecule has 2 aromatic rings. The molecule has 172 valence electrons. The zero-order valence-electron chi connectivity index (χ0n) is 18.1. The Morgan fingerprint density at radius 1 is 1.09 bits per heavy atom. The molecule has 0 aromatic heterocycles. The van der Waals surface area contributed by atoms with E-state index in [9.17, 15) is 18.0 Å². The number of anilines is 1. The van der Waals surface area contributed by atoms with Crippen LogP contribution in [0.15, 0.2) is 53.4 Å². The Balaban J connectivity index is 1.90. The van der Waals surface area contributed by atoms with Crippen molar-refractivity contribution in [2.75, 3.05) is 38.2 Å². The van der Waals surface area contributed by atoms with Crippen LogP contribution in [0, 0.1) is 6.92 Å². The van der Waals surface area contributed by atoms with Crippen LogP contribution in [0.1, 0.15) is 24.1 Å². The standard InChI is InChI=1S/C22H28N4O5S/c1-3-23-22(28)25-21(27)20(17-7-5-4-6-8-17)24-18-10-9-16(2)19(15-18)32(29,30)26-11-13-31-14-12-26/h4-10,15,20,24H,3,11-14H2,1-2H3,(H2,23,25,27,28)/t20-/m0/s1. The average Bonchev–Trinajstić information content (AvgIpc) is 2.79. The zero-order chi connectivity index (χ0) is 23.1. The SMILES string of the molecule is CCNC(=O)NC(=O)[C@@H](Nc1ccc(C)c(S(=O)(=O)N2CCOCC2)c1)c1ccccc1. The number of hydrogen-bond acceptors (Lipinski definition) is 6. The van der Waals surface area contributed by atoms with E-state index in [0.717, 1.165) is 0 Å². The number of aryl methyl sites for hydroxylation is 1. The van der Waals surface area contributed by atoms with Gasteiger partial charge in [0.15, 0.2) is 0 Å². The minimum Gasteiger partial charge on any atom is -0.379 e. The number of carbonyl (C=O) groups excluding carboxylic acids is 2. The molecule has 0 spiro atoms. The predicted octanol–water partition coefficient (Wildman–Crippen LogP) is 2.01.